The molecule has 0 radical (unpaired) electrons. The van der Waals surface area contributed by atoms with Crippen molar-refractivity contribution in [2.75, 3.05) is 0 Å². The summed E-state index contributed by atoms with van der Waals surface area (Å²) in [4.78, 5) is 27.8. The monoisotopic (exact) mass is 354 g/mol. The number of carbonyl (C=O) groups is 2. The van der Waals surface area contributed by atoms with Crippen LogP contribution in [0.15, 0.2) is 18.2 Å². The smallest absolute Gasteiger partial charge is 0.253 e. The average molecular weight is 354 g/mol. The van der Waals surface area contributed by atoms with E-state index in [4.69, 9.17) is 4.74 Å². The lowest BCUT2D eigenvalue weighted by Crippen LogP contribution is -2.41. The Hall–Kier alpha value is -2.56. The summed E-state index contributed by atoms with van der Waals surface area (Å²) in [5, 5.41) is 3.16. The summed E-state index contributed by atoms with van der Waals surface area (Å²) in [7, 11) is 0. The van der Waals surface area contributed by atoms with Gasteiger partial charge in [0.15, 0.2) is 5.78 Å². The van der Waals surface area contributed by atoms with Crippen LogP contribution in [0.25, 0.3) is 0 Å². The molecule has 3 rings (SSSR count). The molecule has 1 aliphatic heterocycles. The largest absolute Gasteiger partial charge is 0.487 e. The van der Waals surface area contributed by atoms with Crippen molar-refractivity contribution in [3.05, 3.63) is 51.8 Å². The zero-order chi connectivity index (χ0) is 19.2. The normalized spacial score (nSPS) is 18.0. The van der Waals surface area contributed by atoms with Crippen molar-refractivity contribution in [1.29, 1.82) is 0 Å². The number of hydrogen-bond acceptors (Lipinski definition) is 3. The third kappa shape index (κ3) is 3.26. The zero-order valence-electron chi connectivity index (χ0n) is 16.2. The van der Waals surface area contributed by atoms with Gasteiger partial charge >= 0.3 is 0 Å². The first-order valence-corrected chi connectivity index (χ1v) is 8.89. The van der Waals surface area contributed by atoms with E-state index in [1.165, 1.54) is 6.92 Å². The first-order valence-electron chi connectivity index (χ1n) is 8.89. The number of rotatable bonds is 3. The van der Waals surface area contributed by atoms with Crippen LogP contribution in [0.4, 0.5) is 0 Å². The fraction of sp³-hybridized carbons (Fsp3) is 0.429. The molecule has 0 spiro atoms. The summed E-state index contributed by atoms with van der Waals surface area (Å²) in [6, 6.07) is 5.90. The van der Waals surface area contributed by atoms with Crippen LogP contribution in [0.2, 0.25) is 0 Å². The van der Waals surface area contributed by atoms with E-state index in [1.807, 2.05) is 39.8 Å². The molecule has 1 aliphatic rings. The van der Waals surface area contributed by atoms with E-state index < -0.39 is 0 Å². The number of H-pyrrole nitrogens is 1. The number of ether oxygens (including phenoxy) is 1. The summed E-state index contributed by atoms with van der Waals surface area (Å²) < 4.78 is 6.07. The van der Waals surface area contributed by atoms with Crippen LogP contribution >= 0.6 is 0 Å². The predicted molar refractivity (Wildman–Crippen MR) is 101 cm³/mol. The minimum absolute atomic E-state index is 0.0715. The molecule has 2 heterocycles. The second-order valence-corrected chi connectivity index (χ2v) is 7.81. The van der Waals surface area contributed by atoms with Crippen LogP contribution in [0.5, 0.6) is 5.75 Å². The molecule has 1 aromatic heterocycles. The summed E-state index contributed by atoms with van der Waals surface area (Å²) >= 11 is 0. The number of benzene rings is 1. The summed E-state index contributed by atoms with van der Waals surface area (Å²) in [6.07, 6.45) is 0.678. The lowest BCUT2D eigenvalue weighted by Gasteiger charge is -2.38. The van der Waals surface area contributed by atoms with Crippen molar-refractivity contribution in [3.8, 4) is 5.75 Å². The number of aryl methyl sites for hydroxylation is 2. The highest BCUT2D eigenvalue weighted by molar-refractivity contribution is 6.02. The number of amides is 1. The van der Waals surface area contributed by atoms with Gasteiger partial charge in [-0.2, -0.15) is 0 Å². The molecule has 0 saturated heterocycles. The third-order valence-electron chi connectivity index (χ3n) is 4.94. The highest BCUT2D eigenvalue weighted by Gasteiger charge is 2.35. The lowest BCUT2D eigenvalue weighted by atomic mass is 9.88. The Labute approximate surface area is 154 Å². The van der Waals surface area contributed by atoms with Crippen molar-refractivity contribution in [2.45, 2.75) is 59.6 Å². The van der Waals surface area contributed by atoms with Crippen molar-refractivity contribution in [1.82, 2.24) is 10.3 Å². The summed E-state index contributed by atoms with van der Waals surface area (Å²) in [5.74, 6) is 0.570. The molecule has 2 N–H and O–H groups in total. The molecule has 5 heteroatoms. The molecule has 26 heavy (non-hydrogen) atoms. The maximum absolute atomic E-state index is 13.0. The molecular weight excluding hydrogens is 328 g/mol. The fourth-order valence-corrected chi connectivity index (χ4v) is 3.78. The maximum Gasteiger partial charge on any atom is 0.253 e. The van der Waals surface area contributed by atoms with E-state index in [0.29, 0.717) is 28.9 Å². The van der Waals surface area contributed by atoms with E-state index in [1.54, 1.807) is 6.92 Å². The van der Waals surface area contributed by atoms with Crippen LogP contribution in [-0.2, 0) is 0 Å². The Morgan fingerprint density at radius 2 is 1.92 bits per heavy atom. The number of Topliss-reactive ketones (excluding diaryl/α,β-unsaturated/α-hetero) is 1. The second kappa shape index (κ2) is 6.31. The van der Waals surface area contributed by atoms with Gasteiger partial charge in [-0.15, -0.1) is 0 Å². The number of carbonyl (C=O) groups excluding carboxylic acids is 2. The number of aromatic nitrogens is 1. The maximum atomic E-state index is 13.0. The standard InChI is InChI=1S/C21H26N2O3/c1-11-7-8-17-15(9-11)16(10-21(5,6)26-17)23-20(25)18-12(2)19(14(4)24)22-13(18)3/h7-9,16,22H,10H2,1-6H3,(H,23,25)/t16-/m0/s1. The van der Waals surface area contributed by atoms with E-state index in [-0.39, 0.29) is 23.3 Å². The van der Waals surface area contributed by atoms with Crippen LogP contribution in [-0.4, -0.2) is 22.3 Å². The van der Waals surface area contributed by atoms with Crippen molar-refractivity contribution < 1.29 is 14.3 Å². The van der Waals surface area contributed by atoms with Gasteiger partial charge in [0.25, 0.3) is 5.91 Å². The van der Waals surface area contributed by atoms with Crippen LogP contribution in [0.1, 0.15) is 76.5 Å². The Morgan fingerprint density at radius 1 is 1.23 bits per heavy atom. The Morgan fingerprint density at radius 3 is 2.54 bits per heavy atom. The molecule has 138 valence electrons. The minimum Gasteiger partial charge on any atom is -0.487 e. The topological polar surface area (TPSA) is 71.2 Å². The second-order valence-electron chi connectivity index (χ2n) is 7.81. The van der Waals surface area contributed by atoms with Gasteiger partial charge < -0.3 is 15.0 Å². The highest BCUT2D eigenvalue weighted by Crippen LogP contribution is 2.40. The molecule has 0 bridgehead atoms. The molecule has 1 aromatic carbocycles. The number of fused-ring (bicyclic) bond motifs is 1. The number of nitrogens with one attached hydrogen (secondary N) is 2. The SMILES string of the molecule is CC(=O)c1[nH]c(C)c(C(=O)N[C@H]2CC(C)(C)Oc3ccc(C)cc32)c1C. The zero-order valence-corrected chi connectivity index (χ0v) is 16.2. The number of hydrogen-bond donors (Lipinski definition) is 2. The van der Waals surface area contributed by atoms with Gasteiger partial charge in [-0.3, -0.25) is 9.59 Å². The van der Waals surface area contributed by atoms with E-state index in [0.717, 1.165) is 16.9 Å². The molecule has 0 aliphatic carbocycles. The Bertz CT molecular complexity index is 893. The molecule has 0 saturated carbocycles. The van der Waals surface area contributed by atoms with Gasteiger partial charge in [-0.25, -0.2) is 0 Å². The first-order chi connectivity index (χ1) is 12.1. The molecule has 2 aromatic rings. The van der Waals surface area contributed by atoms with Gasteiger partial charge in [0.2, 0.25) is 0 Å². The van der Waals surface area contributed by atoms with Gasteiger partial charge in [0, 0.05) is 24.6 Å². The quantitative estimate of drug-likeness (QED) is 0.813. The van der Waals surface area contributed by atoms with Crippen molar-refractivity contribution in [3.63, 3.8) is 0 Å². The van der Waals surface area contributed by atoms with Gasteiger partial charge in [0.1, 0.15) is 11.4 Å². The van der Waals surface area contributed by atoms with E-state index >= 15 is 0 Å². The van der Waals surface area contributed by atoms with Crippen LogP contribution < -0.4 is 10.1 Å². The average Bonchev–Trinajstić information content (AvgIpc) is 2.82. The van der Waals surface area contributed by atoms with Gasteiger partial charge in [-0.1, -0.05) is 17.7 Å². The highest BCUT2D eigenvalue weighted by atomic mass is 16.5. The number of ketones is 1. The first kappa shape index (κ1) is 18.2. The third-order valence-corrected chi connectivity index (χ3v) is 4.94. The Balaban J connectivity index is 1.95. The molecule has 1 atom stereocenters. The molecular formula is C21H26N2O3. The van der Waals surface area contributed by atoms with Crippen molar-refractivity contribution >= 4 is 11.7 Å². The van der Waals surface area contributed by atoms with E-state index in [2.05, 4.69) is 16.4 Å². The minimum atomic E-state index is -0.368. The van der Waals surface area contributed by atoms with Crippen molar-refractivity contribution in [2.24, 2.45) is 0 Å². The van der Waals surface area contributed by atoms with E-state index in [9.17, 15) is 9.59 Å². The summed E-state index contributed by atoms with van der Waals surface area (Å²) in [6.45, 7) is 11.2. The molecule has 0 fully saturated rings. The predicted octanol–water partition coefficient (Wildman–Crippen LogP) is 4.17. The molecule has 0 unspecified atom stereocenters. The van der Waals surface area contributed by atoms with Gasteiger partial charge in [0.05, 0.1) is 17.3 Å². The van der Waals surface area contributed by atoms with Gasteiger partial charge in [-0.05, 0) is 46.2 Å². The molecule has 5 nitrogen and oxygen atoms in total. The summed E-state index contributed by atoms with van der Waals surface area (Å²) in [5.41, 5.74) is 4.20. The van der Waals surface area contributed by atoms with Crippen LogP contribution in [0, 0.1) is 20.8 Å². The van der Waals surface area contributed by atoms with Crippen LogP contribution in [0.3, 0.4) is 0 Å². The number of aromatic amines is 1. The fourth-order valence-electron chi connectivity index (χ4n) is 3.78. The molecule has 1 amide bonds. The Kier molecular flexibility index (Phi) is 4.42. The lowest BCUT2D eigenvalue weighted by molar-refractivity contribution is 0.0619.